The van der Waals surface area contributed by atoms with Gasteiger partial charge in [-0.05, 0) is 13.8 Å². The summed E-state index contributed by atoms with van der Waals surface area (Å²) in [6.45, 7) is 4.79. The van der Waals surface area contributed by atoms with Gasteiger partial charge in [-0.15, -0.1) is 9.24 Å². The Labute approximate surface area is 109 Å². The molecule has 1 fully saturated rings. The highest BCUT2D eigenvalue weighted by atomic mass is 31.0. The van der Waals surface area contributed by atoms with Gasteiger partial charge < -0.3 is 24.7 Å². The molecule has 18 heavy (non-hydrogen) atoms. The third kappa shape index (κ3) is 3.99. The van der Waals surface area contributed by atoms with Crippen molar-refractivity contribution in [2.75, 3.05) is 0 Å². The van der Waals surface area contributed by atoms with Crippen LogP contribution >= 0.6 is 9.24 Å². The number of amides is 1. The first-order chi connectivity index (χ1) is 8.27. The van der Waals surface area contributed by atoms with Crippen LogP contribution in [0.15, 0.2) is 0 Å². The van der Waals surface area contributed by atoms with Crippen molar-refractivity contribution in [1.29, 1.82) is 0 Å². The number of aliphatic hydroxyl groups excluding tert-OH is 1. The van der Waals surface area contributed by atoms with Crippen molar-refractivity contribution in [2.45, 2.75) is 57.1 Å². The molecule has 6 unspecified atom stereocenters. The molecule has 0 spiro atoms. The molecule has 0 saturated carbocycles. The molecule has 7 heteroatoms. The van der Waals surface area contributed by atoms with Gasteiger partial charge in [-0.3, -0.25) is 4.79 Å². The fourth-order valence-electron chi connectivity index (χ4n) is 2.13. The SMILES string of the molecule is CC(=O)NC1C(O)CC(C)(OC(C)P)OC1C=O. The molecule has 1 saturated heterocycles. The Morgan fingerprint density at radius 3 is 2.78 bits per heavy atom. The van der Waals surface area contributed by atoms with Crippen LogP contribution in [0, 0.1) is 0 Å². The normalized spacial score (nSPS) is 37.9. The topological polar surface area (TPSA) is 84.9 Å². The first-order valence-corrected chi connectivity index (χ1v) is 6.46. The summed E-state index contributed by atoms with van der Waals surface area (Å²) < 4.78 is 11.1. The number of hydrogen-bond donors (Lipinski definition) is 2. The van der Waals surface area contributed by atoms with E-state index in [0.29, 0.717) is 6.29 Å². The van der Waals surface area contributed by atoms with Gasteiger partial charge in [0.05, 0.1) is 18.0 Å². The van der Waals surface area contributed by atoms with Crippen molar-refractivity contribution >= 4 is 21.4 Å². The molecule has 1 aliphatic heterocycles. The molecule has 6 nitrogen and oxygen atoms in total. The summed E-state index contributed by atoms with van der Waals surface area (Å²) in [7, 11) is 2.46. The number of carbonyl (C=O) groups is 2. The first kappa shape index (κ1) is 15.5. The molecule has 1 rings (SSSR count). The van der Waals surface area contributed by atoms with Crippen LogP contribution in [0.4, 0.5) is 0 Å². The van der Waals surface area contributed by atoms with Crippen molar-refractivity contribution in [3.8, 4) is 0 Å². The molecular weight excluding hydrogens is 257 g/mol. The van der Waals surface area contributed by atoms with Crippen molar-refractivity contribution < 1.29 is 24.2 Å². The molecule has 0 aliphatic carbocycles. The predicted molar refractivity (Wildman–Crippen MR) is 67.8 cm³/mol. The maximum Gasteiger partial charge on any atom is 0.217 e. The maximum atomic E-state index is 11.0. The second-order valence-electron chi connectivity index (χ2n) is 4.67. The molecule has 2 N–H and O–H groups in total. The van der Waals surface area contributed by atoms with Crippen LogP contribution in [0.25, 0.3) is 0 Å². The lowest BCUT2D eigenvalue weighted by Gasteiger charge is -2.44. The fourth-order valence-corrected chi connectivity index (χ4v) is 2.42. The second kappa shape index (κ2) is 6.06. The van der Waals surface area contributed by atoms with E-state index in [0.717, 1.165) is 0 Å². The van der Waals surface area contributed by atoms with Gasteiger partial charge in [0.1, 0.15) is 6.10 Å². The summed E-state index contributed by atoms with van der Waals surface area (Å²) in [4.78, 5) is 22.1. The van der Waals surface area contributed by atoms with Crippen LogP contribution < -0.4 is 5.32 Å². The van der Waals surface area contributed by atoms with Gasteiger partial charge in [0.25, 0.3) is 0 Å². The van der Waals surface area contributed by atoms with E-state index in [1.165, 1.54) is 6.92 Å². The minimum absolute atomic E-state index is 0.174. The molecule has 1 amide bonds. The van der Waals surface area contributed by atoms with E-state index in [2.05, 4.69) is 14.6 Å². The minimum Gasteiger partial charge on any atom is -0.391 e. The van der Waals surface area contributed by atoms with Crippen LogP contribution in [0.1, 0.15) is 27.2 Å². The molecule has 6 atom stereocenters. The zero-order valence-electron chi connectivity index (χ0n) is 10.8. The van der Waals surface area contributed by atoms with E-state index in [-0.39, 0.29) is 18.2 Å². The average molecular weight is 277 g/mol. The molecule has 0 aromatic rings. The summed E-state index contributed by atoms with van der Waals surface area (Å²) in [6.07, 6.45) is -1.07. The van der Waals surface area contributed by atoms with Crippen LogP contribution in [0.2, 0.25) is 0 Å². The molecule has 0 bridgehead atoms. The number of aldehydes is 1. The fraction of sp³-hybridized carbons (Fsp3) is 0.818. The van der Waals surface area contributed by atoms with Crippen LogP contribution in [0.5, 0.6) is 0 Å². The summed E-state index contributed by atoms with van der Waals surface area (Å²) in [5, 5.41) is 12.5. The van der Waals surface area contributed by atoms with Gasteiger partial charge >= 0.3 is 0 Å². The van der Waals surface area contributed by atoms with Crippen molar-refractivity contribution in [2.24, 2.45) is 0 Å². The Morgan fingerprint density at radius 1 is 1.72 bits per heavy atom. The van der Waals surface area contributed by atoms with Gasteiger partial charge in [0.2, 0.25) is 5.91 Å². The minimum atomic E-state index is -1.04. The van der Waals surface area contributed by atoms with E-state index < -0.39 is 24.0 Å². The van der Waals surface area contributed by atoms with E-state index >= 15 is 0 Å². The zero-order valence-corrected chi connectivity index (χ0v) is 11.9. The van der Waals surface area contributed by atoms with Gasteiger partial charge in [-0.2, -0.15) is 0 Å². The smallest absolute Gasteiger partial charge is 0.217 e. The largest absolute Gasteiger partial charge is 0.391 e. The van der Waals surface area contributed by atoms with E-state index in [1.807, 2.05) is 6.92 Å². The van der Waals surface area contributed by atoms with Gasteiger partial charge in [-0.1, -0.05) is 0 Å². The lowest BCUT2D eigenvalue weighted by atomic mass is 9.94. The third-order valence-corrected chi connectivity index (χ3v) is 2.81. The van der Waals surface area contributed by atoms with E-state index in [1.54, 1.807) is 6.92 Å². The third-order valence-electron chi connectivity index (χ3n) is 2.67. The lowest BCUT2D eigenvalue weighted by molar-refractivity contribution is -0.287. The number of ether oxygens (including phenoxy) is 2. The van der Waals surface area contributed by atoms with Crippen LogP contribution in [0.3, 0.4) is 0 Å². The molecule has 0 aromatic heterocycles. The monoisotopic (exact) mass is 277 g/mol. The van der Waals surface area contributed by atoms with Gasteiger partial charge in [-0.25, -0.2) is 0 Å². The Hall–Kier alpha value is -0.550. The summed E-state index contributed by atoms with van der Waals surface area (Å²) in [5.74, 6) is -1.54. The summed E-state index contributed by atoms with van der Waals surface area (Å²) in [6, 6.07) is -0.739. The number of hydrogen-bond acceptors (Lipinski definition) is 5. The zero-order chi connectivity index (χ0) is 13.9. The molecule has 0 aromatic carbocycles. The highest BCUT2D eigenvalue weighted by molar-refractivity contribution is 7.17. The summed E-state index contributed by atoms with van der Waals surface area (Å²) in [5.41, 5.74) is 0. The second-order valence-corrected chi connectivity index (χ2v) is 5.61. The van der Waals surface area contributed by atoms with E-state index in [9.17, 15) is 14.7 Å². The number of nitrogens with one attached hydrogen (secondary N) is 1. The highest BCUT2D eigenvalue weighted by Crippen LogP contribution is 2.31. The number of rotatable bonds is 4. The van der Waals surface area contributed by atoms with Gasteiger partial charge in [0, 0.05) is 13.3 Å². The highest BCUT2D eigenvalue weighted by Gasteiger charge is 2.45. The Morgan fingerprint density at radius 2 is 2.33 bits per heavy atom. The Bertz CT molecular complexity index is 325. The number of aliphatic hydroxyl groups is 1. The molecular formula is C11H20NO5P. The first-order valence-electron chi connectivity index (χ1n) is 5.79. The van der Waals surface area contributed by atoms with Crippen molar-refractivity contribution in [1.82, 2.24) is 5.32 Å². The quantitative estimate of drug-likeness (QED) is 0.549. The lowest BCUT2D eigenvalue weighted by Crippen LogP contribution is -2.61. The maximum absolute atomic E-state index is 11.0. The number of carbonyl (C=O) groups excluding carboxylic acids is 2. The van der Waals surface area contributed by atoms with Gasteiger partial charge in [0.15, 0.2) is 12.1 Å². The van der Waals surface area contributed by atoms with Crippen LogP contribution in [-0.4, -0.2) is 47.2 Å². The van der Waals surface area contributed by atoms with Crippen LogP contribution in [-0.2, 0) is 19.1 Å². The standard InChI is InChI=1S/C11H20NO5P/c1-6(14)12-10-8(15)4-11(3,16-7(2)18)17-9(10)5-13/h5,7-10,15H,4,18H2,1-3H3,(H,12,14). The molecule has 1 heterocycles. The van der Waals surface area contributed by atoms with E-state index in [4.69, 9.17) is 9.47 Å². The molecule has 0 radical (unpaired) electrons. The Balaban J connectivity index is 2.80. The predicted octanol–water partition coefficient (Wildman–Crippen LogP) is -0.206. The Kier molecular flexibility index (Phi) is 5.22. The molecule has 1 aliphatic rings. The van der Waals surface area contributed by atoms with Crippen molar-refractivity contribution in [3.63, 3.8) is 0 Å². The summed E-state index contributed by atoms with van der Waals surface area (Å²) >= 11 is 0. The molecule has 104 valence electrons. The average Bonchev–Trinajstić information content (AvgIpc) is 2.19. The van der Waals surface area contributed by atoms with Crippen molar-refractivity contribution in [3.05, 3.63) is 0 Å².